The second-order valence-corrected chi connectivity index (χ2v) is 4.09. The number of carbonyl (C=O) groups is 1. The van der Waals surface area contributed by atoms with Crippen LogP contribution in [0.1, 0.15) is 18.2 Å². The van der Waals surface area contributed by atoms with Crippen molar-refractivity contribution < 1.29 is 14.6 Å². The molecule has 2 heterocycles. The van der Waals surface area contributed by atoms with Gasteiger partial charge in [-0.2, -0.15) is 10.2 Å². The second-order valence-electron chi connectivity index (χ2n) is 4.09. The molecule has 0 unspecified atom stereocenters. The average Bonchev–Trinajstić information content (AvgIpc) is 2.75. The van der Waals surface area contributed by atoms with E-state index in [-0.39, 0.29) is 5.57 Å². The van der Waals surface area contributed by atoms with E-state index in [4.69, 9.17) is 15.1 Å². The molecule has 1 N–H and O–H groups in total. The Morgan fingerprint density at radius 3 is 3.00 bits per heavy atom. The number of imidazole rings is 1. The van der Waals surface area contributed by atoms with E-state index in [9.17, 15) is 4.79 Å². The lowest BCUT2D eigenvalue weighted by atomic mass is 10.2. The van der Waals surface area contributed by atoms with E-state index in [0.717, 1.165) is 5.56 Å². The van der Waals surface area contributed by atoms with Crippen LogP contribution in [0.4, 0.5) is 0 Å². The predicted octanol–water partition coefficient (Wildman–Crippen LogP) is 2.03. The summed E-state index contributed by atoms with van der Waals surface area (Å²) in [5.74, 6) is -0.964. The molecule has 102 valence electrons. The minimum absolute atomic E-state index is 0.316. The Balaban J connectivity index is 2.73. The summed E-state index contributed by atoms with van der Waals surface area (Å²) in [5.41, 5.74) is 1.69. The molecule has 0 amide bonds. The van der Waals surface area contributed by atoms with Gasteiger partial charge >= 0.3 is 5.97 Å². The van der Waals surface area contributed by atoms with Crippen LogP contribution in [0.2, 0.25) is 0 Å². The zero-order chi connectivity index (χ0) is 14.7. The Morgan fingerprint density at radius 1 is 1.65 bits per heavy atom. The van der Waals surface area contributed by atoms with Crippen LogP contribution in [0, 0.1) is 18.3 Å². The standard InChI is InChI=1S/C14H13N3O3/c1-3-20-13-11(7-10(8-15)14(18)19)17-6-4-5-9(2)12(17)16-13/h4-7H,3H2,1-2H3,(H,18,19). The topological polar surface area (TPSA) is 87.6 Å². The first-order valence-electron chi connectivity index (χ1n) is 6.04. The quantitative estimate of drug-likeness (QED) is 0.679. The molecular weight excluding hydrogens is 258 g/mol. The van der Waals surface area contributed by atoms with Crippen molar-refractivity contribution in [1.29, 1.82) is 5.26 Å². The van der Waals surface area contributed by atoms with E-state index < -0.39 is 5.97 Å². The molecule has 0 aliphatic carbocycles. The number of rotatable bonds is 4. The van der Waals surface area contributed by atoms with Crippen molar-refractivity contribution >= 4 is 17.7 Å². The molecule has 0 saturated heterocycles. The number of ether oxygens (including phenoxy) is 1. The number of pyridine rings is 1. The van der Waals surface area contributed by atoms with Gasteiger partial charge in [-0.3, -0.25) is 4.40 Å². The fourth-order valence-electron chi connectivity index (χ4n) is 1.85. The van der Waals surface area contributed by atoms with Crippen LogP contribution in [0.3, 0.4) is 0 Å². The van der Waals surface area contributed by atoms with Crippen LogP contribution < -0.4 is 4.74 Å². The molecule has 0 fully saturated rings. The number of carboxylic acid groups (broad SMARTS) is 1. The minimum Gasteiger partial charge on any atom is -0.477 e. The van der Waals surface area contributed by atoms with Gasteiger partial charge < -0.3 is 9.84 Å². The number of hydrogen-bond donors (Lipinski definition) is 1. The van der Waals surface area contributed by atoms with Crippen LogP contribution in [-0.4, -0.2) is 27.1 Å². The van der Waals surface area contributed by atoms with Crippen LogP contribution in [0.5, 0.6) is 5.88 Å². The minimum atomic E-state index is -1.28. The van der Waals surface area contributed by atoms with Crippen LogP contribution in [-0.2, 0) is 4.79 Å². The molecule has 0 bridgehead atoms. The summed E-state index contributed by atoms with van der Waals surface area (Å²) in [6.45, 7) is 4.11. The van der Waals surface area contributed by atoms with Crippen molar-refractivity contribution in [2.75, 3.05) is 6.61 Å². The lowest BCUT2D eigenvalue weighted by Crippen LogP contribution is -2.00. The molecule has 0 aromatic carbocycles. The van der Waals surface area contributed by atoms with Crippen molar-refractivity contribution in [3.05, 3.63) is 35.2 Å². The molecule has 0 saturated carbocycles. The van der Waals surface area contributed by atoms with Gasteiger partial charge in [-0.15, -0.1) is 0 Å². The monoisotopic (exact) mass is 271 g/mol. The maximum atomic E-state index is 11.0. The zero-order valence-electron chi connectivity index (χ0n) is 11.1. The van der Waals surface area contributed by atoms with Crippen molar-refractivity contribution in [2.45, 2.75) is 13.8 Å². The zero-order valence-corrected chi connectivity index (χ0v) is 11.1. The normalized spacial score (nSPS) is 11.3. The molecule has 0 radical (unpaired) electrons. The number of aromatic nitrogens is 2. The lowest BCUT2D eigenvalue weighted by molar-refractivity contribution is -0.132. The fourth-order valence-corrected chi connectivity index (χ4v) is 1.85. The molecule has 0 aliphatic heterocycles. The Morgan fingerprint density at radius 2 is 2.40 bits per heavy atom. The number of aliphatic carboxylic acids is 1. The third-order valence-corrected chi connectivity index (χ3v) is 2.76. The van der Waals surface area contributed by atoms with E-state index in [0.29, 0.717) is 23.8 Å². The maximum Gasteiger partial charge on any atom is 0.346 e. The highest BCUT2D eigenvalue weighted by Gasteiger charge is 2.15. The molecule has 0 aliphatic rings. The SMILES string of the molecule is CCOc1nc2c(C)cccn2c1C=C(C#N)C(=O)O. The van der Waals surface area contributed by atoms with Crippen molar-refractivity contribution in [3.63, 3.8) is 0 Å². The molecule has 6 heteroatoms. The Labute approximate surface area is 115 Å². The van der Waals surface area contributed by atoms with Gasteiger partial charge in [0.2, 0.25) is 5.88 Å². The van der Waals surface area contributed by atoms with E-state index in [1.165, 1.54) is 6.08 Å². The van der Waals surface area contributed by atoms with Gasteiger partial charge in [-0.1, -0.05) is 6.07 Å². The summed E-state index contributed by atoms with van der Waals surface area (Å²) in [6, 6.07) is 5.37. The Kier molecular flexibility index (Phi) is 3.71. The third kappa shape index (κ3) is 2.34. The van der Waals surface area contributed by atoms with Crippen molar-refractivity contribution in [3.8, 4) is 11.9 Å². The molecule has 0 spiro atoms. The Hall–Kier alpha value is -2.81. The molecule has 0 atom stereocenters. The number of nitrogens with zero attached hydrogens (tertiary/aromatic N) is 3. The molecule has 2 aromatic rings. The molecule has 2 aromatic heterocycles. The molecule has 20 heavy (non-hydrogen) atoms. The van der Waals surface area contributed by atoms with Crippen LogP contribution in [0.25, 0.3) is 11.7 Å². The second kappa shape index (κ2) is 5.45. The summed E-state index contributed by atoms with van der Waals surface area (Å²) >= 11 is 0. The van der Waals surface area contributed by atoms with E-state index in [1.807, 2.05) is 26.0 Å². The summed E-state index contributed by atoms with van der Waals surface area (Å²) in [4.78, 5) is 15.3. The van der Waals surface area contributed by atoms with Gasteiger partial charge in [0.05, 0.1) is 6.61 Å². The number of aryl methyl sites for hydroxylation is 1. The summed E-state index contributed by atoms with van der Waals surface area (Å²) < 4.78 is 7.13. The third-order valence-electron chi connectivity index (χ3n) is 2.76. The summed E-state index contributed by atoms with van der Waals surface area (Å²) in [5, 5.41) is 17.8. The first-order chi connectivity index (χ1) is 9.58. The summed E-state index contributed by atoms with van der Waals surface area (Å²) in [6.07, 6.45) is 3.02. The van der Waals surface area contributed by atoms with Crippen molar-refractivity contribution in [1.82, 2.24) is 9.38 Å². The highest BCUT2D eigenvalue weighted by molar-refractivity contribution is 5.96. The van der Waals surface area contributed by atoms with Gasteiger partial charge in [0.25, 0.3) is 0 Å². The van der Waals surface area contributed by atoms with Gasteiger partial charge in [-0.25, -0.2) is 4.79 Å². The highest BCUT2D eigenvalue weighted by atomic mass is 16.5. The van der Waals surface area contributed by atoms with E-state index in [1.54, 1.807) is 16.7 Å². The molecular formula is C14H13N3O3. The molecule has 2 rings (SSSR count). The molecule has 6 nitrogen and oxygen atoms in total. The maximum absolute atomic E-state index is 11.0. The van der Waals surface area contributed by atoms with Gasteiger partial charge in [0, 0.05) is 6.20 Å². The summed E-state index contributed by atoms with van der Waals surface area (Å²) in [7, 11) is 0. The smallest absolute Gasteiger partial charge is 0.346 e. The van der Waals surface area contributed by atoms with Gasteiger partial charge in [0.1, 0.15) is 23.0 Å². The van der Waals surface area contributed by atoms with Crippen molar-refractivity contribution in [2.24, 2.45) is 0 Å². The van der Waals surface area contributed by atoms with Gasteiger partial charge in [0.15, 0.2) is 0 Å². The van der Waals surface area contributed by atoms with Crippen LogP contribution >= 0.6 is 0 Å². The fraction of sp³-hybridized carbons (Fsp3) is 0.214. The van der Waals surface area contributed by atoms with E-state index >= 15 is 0 Å². The number of hydrogen-bond acceptors (Lipinski definition) is 4. The first kappa shape index (κ1) is 13.6. The average molecular weight is 271 g/mol. The van der Waals surface area contributed by atoms with E-state index in [2.05, 4.69) is 4.98 Å². The number of carboxylic acids is 1. The predicted molar refractivity (Wildman–Crippen MR) is 72.3 cm³/mol. The number of nitriles is 1. The highest BCUT2D eigenvalue weighted by Crippen LogP contribution is 2.24. The van der Waals surface area contributed by atoms with Gasteiger partial charge in [-0.05, 0) is 31.6 Å². The number of fused-ring (bicyclic) bond motifs is 1. The lowest BCUT2D eigenvalue weighted by Gasteiger charge is -2.01. The Bertz CT molecular complexity index is 738. The van der Waals surface area contributed by atoms with Crippen LogP contribution in [0.15, 0.2) is 23.9 Å². The largest absolute Gasteiger partial charge is 0.477 e. The first-order valence-corrected chi connectivity index (χ1v) is 6.04.